The summed E-state index contributed by atoms with van der Waals surface area (Å²) in [5.74, 6) is 0.986. The van der Waals surface area contributed by atoms with Gasteiger partial charge < -0.3 is 15.1 Å². The number of piperazine rings is 1. The summed E-state index contributed by atoms with van der Waals surface area (Å²) in [7, 11) is 0. The summed E-state index contributed by atoms with van der Waals surface area (Å²) >= 11 is 6.14. The van der Waals surface area contributed by atoms with Crippen molar-refractivity contribution in [1.29, 1.82) is 0 Å². The van der Waals surface area contributed by atoms with Crippen LogP contribution in [-0.4, -0.2) is 56.5 Å². The Morgan fingerprint density at radius 1 is 1.03 bits per heavy atom. The van der Waals surface area contributed by atoms with Gasteiger partial charge in [0.15, 0.2) is 0 Å². The summed E-state index contributed by atoms with van der Waals surface area (Å²) in [5, 5.41) is 3.58. The maximum Gasteiger partial charge on any atom is 0.329 e. The van der Waals surface area contributed by atoms with E-state index in [1.807, 2.05) is 43.9 Å². The molecule has 0 aliphatic carbocycles. The van der Waals surface area contributed by atoms with E-state index in [1.54, 1.807) is 6.07 Å². The van der Waals surface area contributed by atoms with Gasteiger partial charge in [0.1, 0.15) is 5.82 Å². The average Bonchev–Trinajstić information content (AvgIpc) is 2.82. The van der Waals surface area contributed by atoms with Gasteiger partial charge in [-0.1, -0.05) is 17.7 Å². The van der Waals surface area contributed by atoms with E-state index in [0.29, 0.717) is 49.3 Å². The number of aromatic amines is 1. The number of hydrogen-bond donors (Lipinski definition) is 2. The number of hydrogen-bond acceptors (Lipinski definition) is 7. The summed E-state index contributed by atoms with van der Waals surface area (Å²) in [6, 6.07) is 8.64. The molecule has 0 unspecified atom stereocenters. The number of rotatable bonds is 7. The molecule has 10 nitrogen and oxygen atoms in total. The number of anilines is 3. The number of benzene rings is 1. The van der Waals surface area contributed by atoms with Gasteiger partial charge in [-0.05, 0) is 51.0 Å². The molecule has 1 aliphatic heterocycles. The van der Waals surface area contributed by atoms with Crippen molar-refractivity contribution in [2.45, 2.75) is 40.2 Å². The number of carbonyl (C=O) groups is 1. The zero-order valence-electron chi connectivity index (χ0n) is 20.7. The third-order valence-corrected chi connectivity index (χ3v) is 6.54. The fraction of sp³-hybridized carbons (Fsp3) is 0.400. The van der Waals surface area contributed by atoms with Crippen LogP contribution >= 0.6 is 11.6 Å². The highest BCUT2D eigenvalue weighted by atomic mass is 35.5. The van der Waals surface area contributed by atoms with Crippen LogP contribution in [0.4, 0.5) is 17.5 Å². The molecule has 0 saturated carbocycles. The lowest BCUT2D eigenvalue weighted by atomic mass is 10.2. The van der Waals surface area contributed by atoms with Gasteiger partial charge in [0.25, 0.3) is 5.56 Å². The van der Waals surface area contributed by atoms with E-state index in [4.69, 9.17) is 11.6 Å². The minimum atomic E-state index is -0.530. The number of aromatic nitrogens is 4. The molecule has 1 aliphatic rings. The van der Waals surface area contributed by atoms with Crippen LogP contribution in [0.2, 0.25) is 5.02 Å². The molecule has 11 heteroatoms. The summed E-state index contributed by atoms with van der Waals surface area (Å²) < 4.78 is 1.11. The van der Waals surface area contributed by atoms with Gasteiger partial charge in [0, 0.05) is 67.3 Å². The van der Waals surface area contributed by atoms with Crippen LogP contribution in [0.1, 0.15) is 29.8 Å². The van der Waals surface area contributed by atoms with Crippen LogP contribution in [0, 0.1) is 20.8 Å². The maximum absolute atomic E-state index is 12.7. The molecule has 36 heavy (non-hydrogen) atoms. The third-order valence-electron chi connectivity index (χ3n) is 6.13. The van der Waals surface area contributed by atoms with Crippen LogP contribution in [0.5, 0.6) is 0 Å². The third kappa shape index (κ3) is 6.12. The fourth-order valence-electron chi connectivity index (χ4n) is 4.18. The van der Waals surface area contributed by atoms with E-state index in [0.717, 1.165) is 21.5 Å². The van der Waals surface area contributed by atoms with Crippen molar-refractivity contribution in [3.63, 3.8) is 0 Å². The van der Waals surface area contributed by atoms with Gasteiger partial charge in [-0.2, -0.15) is 0 Å². The van der Waals surface area contributed by atoms with Crippen LogP contribution < -0.4 is 21.5 Å². The first kappa shape index (κ1) is 25.4. The largest absolute Gasteiger partial charge is 0.341 e. The van der Waals surface area contributed by atoms with Crippen LogP contribution in [-0.2, 0) is 11.3 Å². The molecule has 0 bridgehead atoms. The Balaban J connectivity index is 1.29. The molecule has 1 saturated heterocycles. The van der Waals surface area contributed by atoms with Gasteiger partial charge in [-0.3, -0.25) is 19.1 Å². The first-order valence-corrected chi connectivity index (χ1v) is 12.3. The number of aryl methyl sites for hydroxylation is 3. The van der Waals surface area contributed by atoms with E-state index in [1.165, 1.54) is 6.07 Å². The molecule has 4 rings (SSSR count). The zero-order valence-corrected chi connectivity index (χ0v) is 21.4. The minimum absolute atomic E-state index is 0.00926. The highest BCUT2D eigenvalue weighted by Crippen LogP contribution is 2.21. The zero-order chi connectivity index (χ0) is 25.8. The molecule has 2 aromatic heterocycles. The van der Waals surface area contributed by atoms with Crippen molar-refractivity contribution in [2.75, 3.05) is 36.4 Å². The topological polar surface area (TPSA) is 116 Å². The van der Waals surface area contributed by atoms with Crippen molar-refractivity contribution in [2.24, 2.45) is 0 Å². The van der Waals surface area contributed by atoms with E-state index >= 15 is 0 Å². The summed E-state index contributed by atoms with van der Waals surface area (Å²) in [5.41, 5.74) is 2.46. The second-order valence-electron chi connectivity index (χ2n) is 8.99. The number of H-pyrrole nitrogens is 1. The van der Waals surface area contributed by atoms with Crippen molar-refractivity contribution < 1.29 is 4.79 Å². The number of nitrogens with one attached hydrogen (secondary N) is 2. The van der Waals surface area contributed by atoms with Gasteiger partial charge in [0.2, 0.25) is 11.9 Å². The molecule has 0 radical (unpaired) electrons. The summed E-state index contributed by atoms with van der Waals surface area (Å²) in [6.07, 6.45) is 0.649. The lowest BCUT2D eigenvalue weighted by Gasteiger charge is -2.35. The van der Waals surface area contributed by atoms with Crippen LogP contribution in [0.15, 0.2) is 39.9 Å². The minimum Gasteiger partial charge on any atom is -0.341 e. The van der Waals surface area contributed by atoms with Gasteiger partial charge in [-0.25, -0.2) is 14.8 Å². The standard InChI is InChI=1S/C25H30ClN7O3/c1-16-6-7-19(14-20(16)26)29-21-15-23(35)33(25(36)30-21)8-4-5-22(34)31-9-11-32(12-10-31)24-27-17(2)13-18(3)28-24/h6-7,13-15,29H,4-5,8-12H2,1-3H3,(H,30,36). The Kier molecular flexibility index (Phi) is 7.73. The maximum atomic E-state index is 12.7. The molecule has 1 amide bonds. The predicted molar refractivity (Wildman–Crippen MR) is 140 cm³/mol. The number of nitrogens with zero attached hydrogens (tertiary/aromatic N) is 5. The molecular formula is C25H30ClN7O3. The summed E-state index contributed by atoms with van der Waals surface area (Å²) in [4.78, 5) is 53.3. The van der Waals surface area contributed by atoms with Crippen molar-refractivity contribution in [3.8, 4) is 0 Å². The quantitative estimate of drug-likeness (QED) is 0.501. The van der Waals surface area contributed by atoms with Gasteiger partial charge in [-0.15, -0.1) is 0 Å². The molecule has 3 aromatic rings. The molecular weight excluding hydrogens is 482 g/mol. The first-order valence-electron chi connectivity index (χ1n) is 11.9. The van der Waals surface area contributed by atoms with E-state index < -0.39 is 11.2 Å². The Morgan fingerprint density at radius 3 is 2.36 bits per heavy atom. The molecule has 1 fully saturated rings. The predicted octanol–water partition coefficient (Wildman–Crippen LogP) is 2.78. The second-order valence-corrected chi connectivity index (χ2v) is 9.40. The molecule has 3 heterocycles. The smallest absolute Gasteiger partial charge is 0.329 e. The molecule has 1 aromatic carbocycles. The number of halogens is 1. The van der Waals surface area contributed by atoms with Gasteiger partial charge in [0.05, 0.1) is 0 Å². The average molecular weight is 512 g/mol. The Bertz CT molecular complexity index is 1330. The highest BCUT2D eigenvalue weighted by Gasteiger charge is 2.22. The Labute approximate surface area is 214 Å². The van der Waals surface area contributed by atoms with E-state index in [-0.39, 0.29) is 24.7 Å². The second kappa shape index (κ2) is 10.9. The van der Waals surface area contributed by atoms with Crippen molar-refractivity contribution in [3.05, 3.63) is 73.1 Å². The van der Waals surface area contributed by atoms with Crippen LogP contribution in [0.3, 0.4) is 0 Å². The Hall–Kier alpha value is -3.66. The number of carbonyl (C=O) groups excluding carboxylic acids is 1. The SMILES string of the molecule is Cc1cc(C)nc(N2CCN(C(=O)CCCn3c(=O)cc(Nc4ccc(C)c(Cl)c4)[nH]c3=O)CC2)n1. The van der Waals surface area contributed by atoms with E-state index in [2.05, 4.69) is 25.2 Å². The molecule has 0 atom stereocenters. The van der Waals surface area contributed by atoms with Crippen molar-refractivity contribution >= 4 is 35.0 Å². The first-order chi connectivity index (χ1) is 17.2. The highest BCUT2D eigenvalue weighted by molar-refractivity contribution is 6.31. The van der Waals surface area contributed by atoms with Gasteiger partial charge >= 0.3 is 5.69 Å². The summed E-state index contributed by atoms with van der Waals surface area (Å²) in [6.45, 7) is 8.42. The lowest BCUT2D eigenvalue weighted by Crippen LogP contribution is -2.49. The van der Waals surface area contributed by atoms with Crippen LogP contribution in [0.25, 0.3) is 0 Å². The molecule has 190 valence electrons. The fourth-order valence-corrected chi connectivity index (χ4v) is 4.36. The molecule has 0 spiro atoms. The normalized spacial score (nSPS) is 13.7. The molecule has 2 N–H and O–H groups in total. The van der Waals surface area contributed by atoms with E-state index in [9.17, 15) is 14.4 Å². The number of amides is 1. The monoisotopic (exact) mass is 511 g/mol. The Morgan fingerprint density at radius 2 is 1.72 bits per heavy atom. The lowest BCUT2D eigenvalue weighted by molar-refractivity contribution is -0.131. The van der Waals surface area contributed by atoms with Crippen molar-refractivity contribution in [1.82, 2.24) is 24.4 Å².